The number of aliphatic hydroxyl groups excluding tert-OH is 1. The molecule has 1 fully saturated rings. The summed E-state index contributed by atoms with van der Waals surface area (Å²) in [5.41, 5.74) is 2.31. The van der Waals surface area contributed by atoms with E-state index in [0.29, 0.717) is 13.0 Å². The number of aryl methyl sites for hydroxylation is 1. The minimum Gasteiger partial charge on any atom is -0.387 e. The molecule has 0 radical (unpaired) electrons. The van der Waals surface area contributed by atoms with E-state index < -0.39 is 6.10 Å². The summed E-state index contributed by atoms with van der Waals surface area (Å²) in [5, 5.41) is 11.7. The summed E-state index contributed by atoms with van der Waals surface area (Å²) in [6.45, 7) is 5.90. The van der Waals surface area contributed by atoms with Crippen LogP contribution in [0.1, 0.15) is 24.2 Å². The molecule has 0 amide bonds. The van der Waals surface area contributed by atoms with Gasteiger partial charge in [0, 0.05) is 56.2 Å². The van der Waals surface area contributed by atoms with Crippen molar-refractivity contribution in [2.75, 3.05) is 37.6 Å². The molecule has 1 aliphatic heterocycles. The van der Waals surface area contributed by atoms with Crippen molar-refractivity contribution < 1.29 is 5.11 Å². The van der Waals surface area contributed by atoms with Crippen molar-refractivity contribution in [1.82, 2.24) is 19.9 Å². The number of fused-ring (bicyclic) bond motifs is 1. The maximum absolute atomic E-state index is 12.1. The second-order valence-corrected chi connectivity index (χ2v) is 7.18. The minimum atomic E-state index is -0.599. The van der Waals surface area contributed by atoms with E-state index in [1.165, 1.54) is 0 Å². The van der Waals surface area contributed by atoms with Crippen LogP contribution in [0, 0.1) is 0 Å². The molecule has 1 atom stereocenters. The van der Waals surface area contributed by atoms with Gasteiger partial charge in [-0.25, -0.2) is 9.97 Å². The number of H-pyrrole nitrogens is 1. The Bertz CT molecular complexity index is 997. The minimum absolute atomic E-state index is 0.0547. The molecule has 2 aromatic heterocycles. The number of pyridine rings is 1. The predicted molar refractivity (Wildman–Crippen MR) is 110 cm³/mol. The van der Waals surface area contributed by atoms with E-state index in [2.05, 4.69) is 24.8 Å². The van der Waals surface area contributed by atoms with Crippen LogP contribution < -0.4 is 10.5 Å². The van der Waals surface area contributed by atoms with Crippen molar-refractivity contribution in [2.24, 2.45) is 0 Å². The molecule has 3 heterocycles. The fraction of sp³-hybridized carbons (Fsp3) is 0.381. The molecule has 3 aromatic rings. The summed E-state index contributed by atoms with van der Waals surface area (Å²) in [5.74, 6) is 0.757. The molecule has 1 saturated heterocycles. The molecule has 1 unspecified atom stereocenters. The van der Waals surface area contributed by atoms with Crippen LogP contribution in [-0.2, 0) is 6.42 Å². The van der Waals surface area contributed by atoms with Gasteiger partial charge in [-0.1, -0.05) is 19.1 Å². The molecule has 2 N–H and O–H groups in total. The monoisotopic (exact) mass is 379 g/mol. The summed E-state index contributed by atoms with van der Waals surface area (Å²) in [7, 11) is 0. The van der Waals surface area contributed by atoms with E-state index in [0.717, 1.165) is 54.2 Å². The standard InChI is InChI=1S/C21H25N5O2/c1-2-15-12-16-4-5-17(13-18(16)24-20(15)28)19(27)14-25-8-10-26(11-9-25)21-22-6-3-7-23-21/h3-7,12-13,19,27H,2,8-11,14H2,1H3,(H,24,28). The zero-order valence-corrected chi connectivity index (χ0v) is 16.0. The first-order valence-corrected chi connectivity index (χ1v) is 9.72. The van der Waals surface area contributed by atoms with E-state index in [-0.39, 0.29) is 5.56 Å². The number of aliphatic hydroxyl groups is 1. The summed E-state index contributed by atoms with van der Waals surface area (Å²) >= 11 is 0. The van der Waals surface area contributed by atoms with Crippen LogP contribution in [0.15, 0.2) is 47.5 Å². The number of aromatic nitrogens is 3. The molecule has 1 aliphatic rings. The highest BCUT2D eigenvalue weighted by atomic mass is 16.3. The Labute approximate surface area is 163 Å². The SMILES string of the molecule is CCc1cc2ccc(C(O)CN3CCN(c4ncccn4)CC3)cc2[nH]c1=O. The Morgan fingerprint density at radius 3 is 2.61 bits per heavy atom. The Balaban J connectivity index is 1.41. The lowest BCUT2D eigenvalue weighted by Gasteiger charge is -2.35. The maximum Gasteiger partial charge on any atom is 0.251 e. The number of nitrogens with one attached hydrogen (secondary N) is 1. The molecular weight excluding hydrogens is 354 g/mol. The van der Waals surface area contributed by atoms with E-state index >= 15 is 0 Å². The largest absolute Gasteiger partial charge is 0.387 e. The number of aromatic amines is 1. The van der Waals surface area contributed by atoms with Crippen LogP contribution in [0.3, 0.4) is 0 Å². The molecule has 4 rings (SSSR count). The molecule has 7 heteroatoms. The zero-order chi connectivity index (χ0) is 19.5. The van der Waals surface area contributed by atoms with Crippen LogP contribution >= 0.6 is 0 Å². The predicted octanol–water partition coefficient (Wildman–Crippen LogP) is 1.74. The maximum atomic E-state index is 12.1. The van der Waals surface area contributed by atoms with Crippen molar-refractivity contribution in [2.45, 2.75) is 19.4 Å². The zero-order valence-electron chi connectivity index (χ0n) is 16.0. The highest BCUT2D eigenvalue weighted by molar-refractivity contribution is 5.79. The molecule has 1 aromatic carbocycles. The van der Waals surface area contributed by atoms with Gasteiger partial charge in [0.25, 0.3) is 5.56 Å². The Kier molecular flexibility index (Phi) is 5.36. The Hall–Kier alpha value is -2.77. The van der Waals surface area contributed by atoms with E-state index in [1.807, 2.05) is 37.3 Å². The lowest BCUT2D eigenvalue weighted by atomic mass is 10.0. The second-order valence-electron chi connectivity index (χ2n) is 7.18. The van der Waals surface area contributed by atoms with Gasteiger partial charge < -0.3 is 15.0 Å². The number of nitrogens with zero attached hydrogens (tertiary/aromatic N) is 4. The van der Waals surface area contributed by atoms with E-state index in [4.69, 9.17) is 0 Å². The van der Waals surface area contributed by atoms with Crippen LogP contribution in [-0.4, -0.2) is 57.7 Å². The van der Waals surface area contributed by atoms with Crippen molar-refractivity contribution >= 4 is 16.9 Å². The molecule has 146 valence electrons. The number of anilines is 1. The number of rotatable bonds is 5. The van der Waals surface area contributed by atoms with Gasteiger partial charge in [0.1, 0.15) is 0 Å². The average molecular weight is 379 g/mol. The van der Waals surface area contributed by atoms with Crippen LogP contribution in [0.4, 0.5) is 5.95 Å². The molecule has 0 bridgehead atoms. The first-order valence-electron chi connectivity index (χ1n) is 9.72. The van der Waals surface area contributed by atoms with Gasteiger partial charge in [-0.3, -0.25) is 9.69 Å². The lowest BCUT2D eigenvalue weighted by molar-refractivity contribution is 0.109. The fourth-order valence-corrected chi connectivity index (χ4v) is 3.67. The average Bonchev–Trinajstić information content (AvgIpc) is 2.74. The molecule has 0 spiro atoms. The van der Waals surface area contributed by atoms with E-state index in [9.17, 15) is 9.90 Å². The fourth-order valence-electron chi connectivity index (χ4n) is 3.67. The van der Waals surface area contributed by atoms with Gasteiger partial charge in [0.05, 0.1) is 6.10 Å². The van der Waals surface area contributed by atoms with Gasteiger partial charge in [0.2, 0.25) is 5.95 Å². The van der Waals surface area contributed by atoms with Gasteiger partial charge in [-0.05, 0) is 35.6 Å². The van der Waals surface area contributed by atoms with Crippen LogP contribution in [0.5, 0.6) is 0 Å². The topological polar surface area (TPSA) is 85.3 Å². The quantitative estimate of drug-likeness (QED) is 0.702. The summed E-state index contributed by atoms with van der Waals surface area (Å²) < 4.78 is 0. The van der Waals surface area contributed by atoms with Gasteiger partial charge in [-0.2, -0.15) is 0 Å². The lowest BCUT2D eigenvalue weighted by Crippen LogP contribution is -2.48. The third kappa shape index (κ3) is 3.90. The smallest absolute Gasteiger partial charge is 0.251 e. The van der Waals surface area contributed by atoms with Crippen molar-refractivity contribution in [3.05, 3.63) is 64.2 Å². The molecule has 28 heavy (non-hydrogen) atoms. The normalized spacial score (nSPS) is 16.4. The molecule has 7 nitrogen and oxygen atoms in total. The highest BCUT2D eigenvalue weighted by Gasteiger charge is 2.21. The first kappa shape index (κ1) is 18.6. The van der Waals surface area contributed by atoms with Crippen molar-refractivity contribution in [3.63, 3.8) is 0 Å². The Morgan fingerprint density at radius 2 is 1.89 bits per heavy atom. The van der Waals surface area contributed by atoms with Crippen molar-refractivity contribution in [1.29, 1.82) is 0 Å². The number of piperazine rings is 1. The van der Waals surface area contributed by atoms with E-state index in [1.54, 1.807) is 12.4 Å². The number of hydrogen-bond donors (Lipinski definition) is 2. The van der Waals surface area contributed by atoms with Crippen molar-refractivity contribution in [3.8, 4) is 0 Å². The molecule has 0 saturated carbocycles. The first-order chi connectivity index (χ1) is 13.6. The number of β-amino-alcohol motifs (C(OH)–C–C–N with tert-alkyl or cyclic N) is 1. The second kappa shape index (κ2) is 8.08. The van der Waals surface area contributed by atoms with Crippen LogP contribution in [0.25, 0.3) is 10.9 Å². The Morgan fingerprint density at radius 1 is 1.14 bits per heavy atom. The number of benzene rings is 1. The highest BCUT2D eigenvalue weighted by Crippen LogP contribution is 2.21. The van der Waals surface area contributed by atoms with Gasteiger partial charge >= 0.3 is 0 Å². The third-order valence-electron chi connectivity index (χ3n) is 5.35. The summed E-state index contributed by atoms with van der Waals surface area (Å²) in [4.78, 5) is 28.0. The molecule has 0 aliphatic carbocycles. The number of hydrogen-bond acceptors (Lipinski definition) is 6. The molecular formula is C21H25N5O2. The van der Waals surface area contributed by atoms with Crippen LogP contribution in [0.2, 0.25) is 0 Å². The summed E-state index contributed by atoms with van der Waals surface area (Å²) in [6.07, 6.45) is 3.62. The summed E-state index contributed by atoms with van der Waals surface area (Å²) in [6, 6.07) is 9.53. The van der Waals surface area contributed by atoms with Gasteiger partial charge in [0.15, 0.2) is 0 Å². The third-order valence-corrected chi connectivity index (χ3v) is 5.35. The van der Waals surface area contributed by atoms with Gasteiger partial charge in [-0.15, -0.1) is 0 Å².